The third-order valence-electron chi connectivity index (χ3n) is 3.57. The van der Waals surface area contributed by atoms with Crippen LogP contribution in [0, 0.1) is 0 Å². The molecule has 0 spiro atoms. The molecule has 0 radical (unpaired) electrons. The van der Waals surface area contributed by atoms with Crippen LogP contribution in [-0.4, -0.2) is 23.0 Å². The number of fused-ring (bicyclic) bond motifs is 1. The van der Waals surface area contributed by atoms with Crippen LogP contribution in [0.15, 0.2) is 51.6 Å². The first kappa shape index (κ1) is 15.8. The number of benzene rings is 1. The van der Waals surface area contributed by atoms with E-state index in [4.69, 9.17) is 8.94 Å². The van der Waals surface area contributed by atoms with E-state index in [0.29, 0.717) is 17.0 Å². The number of carbonyl (C=O) groups excluding carboxylic acids is 2. The molecule has 3 rings (SSSR count). The maximum atomic E-state index is 12.1. The van der Waals surface area contributed by atoms with Crippen LogP contribution >= 0.6 is 0 Å². The van der Waals surface area contributed by atoms with E-state index in [2.05, 4.69) is 15.8 Å². The third kappa shape index (κ3) is 3.62. The summed E-state index contributed by atoms with van der Waals surface area (Å²) in [6.45, 7) is 1.90. The molecule has 0 aliphatic rings. The molecule has 2 aromatic heterocycles. The van der Waals surface area contributed by atoms with Crippen LogP contribution < -0.4 is 10.6 Å². The van der Waals surface area contributed by atoms with Crippen LogP contribution in [0.1, 0.15) is 18.4 Å². The van der Waals surface area contributed by atoms with E-state index in [-0.39, 0.29) is 24.8 Å². The summed E-state index contributed by atoms with van der Waals surface area (Å²) >= 11 is 0. The number of carbonyl (C=O) groups is 2. The molecular formula is C17H17N3O4. The fraction of sp³-hybridized carbons (Fsp3) is 0.235. The second-order valence-corrected chi connectivity index (χ2v) is 5.39. The lowest BCUT2D eigenvalue weighted by molar-refractivity contribution is -0.128. The van der Waals surface area contributed by atoms with Gasteiger partial charge in [-0.25, -0.2) is 0 Å². The van der Waals surface area contributed by atoms with E-state index in [0.717, 1.165) is 5.39 Å². The van der Waals surface area contributed by atoms with Crippen molar-refractivity contribution in [2.45, 2.75) is 25.9 Å². The van der Waals surface area contributed by atoms with Gasteiger partial charge >= 0.3 is 0 Å². The maximum Gasteiger partial charge on any atom is 0.242 e. The molecule has 0 saturated heterocycles. The van der Waals surface area contributed by atoms with Crippen LogP contribution in [0.5, 0.6) is 0 Å². The second kappa shape index (κ2) is 6.99. The van der Waals surface area contributed by atoms with Crippen molar-refractivity contribution in [2.24, 2.45) is 0 Å². The summed E-state index contributed by atoms with van der Waals surface area (Å²) in [6.07, 6.45) is 1.59. The number of aromatic nitrogens is 1. The number of nitrogens with one attached hydrogen (secondary N) is 2. The van der Waals surface area contributed by atoms with Crippen molar-refractivity contribution in [3.63, 3.8) is 0 Å². The summed E-state index contributed by atoms with van der Waals surface area (Å²) in [5.41, 5.74) is 1.18. The second-order valence-electron chi connectivity index (χ2n) is 5.39. The Morgan fingerprint density at radius 3 is 2.83 bits per heavy atom. The van der Waals surface area contributed by atoms with Gasteiger partial charge < -0.3 is 19.6 Å². The lowest BCUT2D eigenvalue weighted by atomic mass is 10.1. The molecule has 7 heteroatoms. The number of hydrogen-bond acceptors (Lipinski definition) is 5. The molecule has 24 heavy (non-hydrogen) atoms. The molecule has 7 nitrogen and oxygen atoms in total. The van der Waals surface area contributed by atoms with Crippen molar-refractivity contribution in [1.82, 2.24) is 15.8 Å². The molecule has 0 fully saturated rings. The molecule has 0 aliphatic carbocycles. The average Bonchev–Trinajstić information content (AvgIpc) is 3.23. The van der Waals surface area contributed by atoms with Gasteiger partial charge in [-0.1, -0.05) is 17.3 Å². The Kier molecular flexibility index (Phi) is 4.60. The highest BCUT2D eigenvalue weighted by Crippen LogP contribution is 2.17. The highest BCUT2D eigenvalue weighted by Gasteiger charge is 2.18. The quantitative estimate of drug-likeness (QED) is 0.719. The molecule has 124 valence electrons. The number of hydrogen-bond donors (Lipinski definition) is 2. The van der Waals surface area contributed by atoms with Gasteiger partial charge in [-0.15, -0.1) is 0 Å². The minimum Gasteiger partial charge on any atom is -0.467 e. The normalized spacial score (nSPS) is 12.0. The lowest BCUT2D eigenvalue weighted by Crippen LogP contribution is -2.45. The highest BCUT2D eigenvalue weighted by molar-refractivity contribution is 5.90. The van der Waals surface area contributed by atoms with Crippen molar-refractivity contribution >= 4 is 22.8 Å². The summed E-state index contributed by atoms with van der Waals surface area (Å²) in [4.78, 5) is 24.1. The summed E-state index contributed by atoms with van der Waals surface area (Å²) in [5.74, 6) is 0.0652. The molecule has 3 aromatic rings. The zero-order chi connectivity index (χ0) is 16.9. The van der Waals surface area contributed by atoms with Crippen LogP contribution in [0.2, 0.25) is 0 Å². The van der Waals surface area contributed by atoms with Crippen LogP contribution in [-0.2, 0) is 22.6 Å². The average molecular weight is 327 g/mol. The summed E-state index contributed by atoms with van der Waals surface area (Å²) < 4.78 is 10.3. The van der Waals surface area contributed by atoms with Gasteiger partial charge in [-0.2, -0.15) is 0 Å². The van der Waals surface area contributed by atoms with Crippen LogP contribution in [0.25, 0.3) is 11.0 Å². The Bertz CT molecular complexity index is 839. The van der Waals surface area contributed by atoms with E-state index in [1.807, 2.05) is 18.2 Å². The van der Waals surface area contributed by atoms with Gasteiger partial charge in [0.25, 0.3) is 0 Å². The van der Waals surface area contributed by atoms with Gasteiger partial charge in [0, 0.05) is 5.39 Å². The molecule has 0 saturated carbocycles. The van der Waals surface area contributed by atoms with Gasteiger partial charge in [0.05, 0.1) is 19.2 Å². The van der Waals surface area contributed by atoms with E-state index < -0.39 is 6.04 Å². The molecule has 0 unspecified atom stereocenters. The van der Waals surface area contributed by atoms with Crippen molar-refractivity contribution in [3.05, 3.63) is 54.1 Å². The maximum absolute atomic E-state index is 12.1. The fourth-order valence-corrected chi connectivity index (χ4v) is 2.32. The minimum atomic E-state index is -0.661. The standard InChI is InChI=1S/C17H17N3O4/c1-11(17(22)18-10-12-5-4-8-23-12)19-16(21)9-14-13-6-2-3-7-15(13)24-20-14/h2-8,11H,9-10H2,1H3,(H,18,22)(H,19,21)/t11-/m1/s1. The lowest BCUT2D eigenvalue weighted by Gasteiger charge is -2.13. The first-order chi connectivity index (χ1) is 11.6. The fourth-order valence-electron chi connectivity index (χ4n) is 2.32. The Morgan fingerprint density at radius 1 is 1.21 bits per heavy atom. The highest BCUT2D eigenvalue weighted by atomic mass is 16.5. The summed E-state index contributed by atoms with van der Waals surface area (Å²) in [5, 5.41) is 10.0. The zero-order valence-corrected chi connectivity index (χ0v) is 13.1. The molecule has 0 aliphatic heterocycles. The van der Waals surface area contributed by atoms with E-state index in [1.54, 1.807) is 25.1 Å². The molecule has 1 atom stereocenters. The van der Waals surface area contributed by atoms with Crippen LogP contribution in [0.3, 0.4) is 0 Å². The van der Waals surface area contributed by atoms with Gasteiger partial charge in [0.15, 0.2) is 5.58 Å². The van der Waals surface area contributed by atoms with Gasteiger partial charge in [0.2, 0.25) is 11.8 Å². The smallest absolute Gasteiger partial charge is 0.242 e. The predicted octanol–water partition coefficient (Wildman–Crippen LogP) is 1.78. The van der Waals surface area contributed by atoms with Crippen molar-refractivity contribution in [3.8, 4) is 0 Å². The Morgan fingerprint density at radius 2 is 2.04 bits per heavy atom. The Labute approximate surface area is 138 Å². The van der Waals surface area contributed by atoms with Crippen molar-refractivity contribution in [1.29, 1.82) is 0 Å². The number of para-hydroxylation sites is 1. The molecule has 2 heterocycles. The Balaban J connectivity index is 1.53. The summed E-state index contributed by atoms with van der Waals surface area (Å²) in [6, 6.07) is 10.2. The third-order valence-corrected chi connectivity index (χ3v) is 3.57. The molecule has 1 aromatic carbocycles. The topological polar surface area (TPSA) is 97.4 Å². The first-order valence-electron chi connectivity index (χ1n) is 7.56. The molecule has 2 N–H and O–H groups in total. The molecule has 0 bridgehead atoms. The van der Waals surface area contributed by atoms with E-state index in [9.17, 15) is 9.59 Å². The Hall–Kier alpha value is -3.09. The number of rotatable bonds is 6. The van der Waals surface area contributed by atoms with Crippen molar-refractivity contribution in [2.75, 3.05) is 0 Å². The number of amides is 2. The molecular weight excluding hydrogens is 310 g/mol. The van der Waals surface area contributed by atoms with Gasteiger partial charge in [-0.3, -0.25) is 9.59 Å². The van der Waals surface area contributed by atoms with Crippen LogP contribution in [0.4, 0.5) is 0 Å². The van der Waals surface area contributed by atoms with Gasteiger partial charge in [-0.05, 0) is 31.2 Å². The zero-order valence-electron chi connectivity index (χ0n) is 13.1. The van der Waals surface area contributed by atoms with Crippen molar-refractivity contribution < 1.29 is 18.5 Å². The predicted molar refractivity (Wildman–Crippen MR) is 85.9 cm³/mol. The largest absolute Gasteiger partial charge is 0.467 e. The first-order valence-corrected chi connectivity index (χ1v) is 7.56. The van der Waals surface area contributed by atoms with Gasteiger partial charge in [0.1, 0.15) is 17.5 Å². The summed E-state index contributed by atoms with van der Waals surface area (Å²) in [7, 11) is 0. The molecule has 2 amide bonds. The number of furan rings is 1. The SMILES string of the molecule is C[C@@H](NC(=O)Cc1noc2ccccc12)C(=O)NCc1ccco1. The van der Waals surface area contributed by atoms with E-state index in [1.165, 1.54) is 6.26 Å². The van der Waals surface area contributed by atoms with E-state index >= 15 is 0 Å². The minimum absolute atomic E-state index is 0.0484. The number of nitrogens with zero attached hydrogens (tertiary/aromatic N) is 1. The monoisotopic (exact) mass is 327 g/mol.